The van der Waals surface area contributed by atoms with Gasteiger partial charge in [0.05, 0.1) is 11.7 Å². The van der Waals surface area contributed by atoms with Crippen LogP contribution in [0.25, 0.3) is 16.7 Å². The number of nitrogens with zero attached hydrogens (tertiary/aromatic N) is 5. The number of halogens is 3. The van der Waals surface area contributed by atoms with Crippen molar-refractivity contribution >= 4 is 28.4 Å². The molecule has 4 heterocycles. The lowest BCUT2D eigenvalue weighted by molar-refractivity contribution is 0.102. The van der Waals surface area contributed by atoms with Gasteiger partial charge in [-0.2, -0.15) is 14.9 Å². The average Bonchev–Trinajstić information content (AvgIpc) is 3.43. The summed E-state index contributed by atoms with van der Waals surface area (Å²) in [5.74, 6) is -1.64. The summed E-state index contributed by atoms with van der Waals surface area (Å²) in [6, 6.07) is 11.1. The second kappa shape index (κ2) is 12.2. The third-order valence-corrected chi connectivity index (χ3v) is 7.39. The van der Waals surface area contributed by atoms with Crippen molar-refractivity contribution in [2.75, 3.05) is 30.3 Å². The van der Waals surface area contributed by atoms with E-state index in [0.717, 1.165) is 23.8 Å². The Balaban J connectivity index is 1.19. The van der Waals surface area contributed by atoms with Gasteiger partial charge in [-0.25, -0.2) is 18.2 Å². The monoisotopic (exact) mass is 604 g/mol. The second-order valence-electron chi connectivity index (χ2n) is 10.2. The van der Waals surface area contributed by atoms with Gasteiger partial charge in [0.15, 0.2) is 23.0 Å². The number of rotatable bonds is 8. The number of amides is 1. The molecular weight excluding hydrogens is 577 g/mol. The Morgan fingerprint density at radius 1 is 1.09 bits per heavy atom. The van der Waals surface area contributed by atoms with Crippen molar-refractivity contribution in [3.8, 4) is 17.2 Å². The maximum atomic E-state index is 15.2. The van der Waals surface area contributed by atoms with Crippen molar-refractivity contribution in [1.29, 1.82) is 0 Å². The molecule has 6 rings (SSSR count). The fraction of sp³-hybridized carbons (Fsp3) is 0.233. The maximum absolute atomic E-state index is 15.2. The molecule has 2 aromatic carbocycles. The Morgan fingerprint density at radius 2 is 1.91 bits per heavy atom. The highest BCUT2D eigenvalue weighted by Crippen LogP contribution is 2.35. The van der Waals surface area contributed by atoms with Gasteiger partial charge in [-0.3, -0.25) is 14.7 Å². The SMILES string of the molecule is CCN1CC[C@H](Nc2n[nH]c3nccc(Oc4ccc(NC(=O)c5ccnn(-c6ccc(F)cc6)c5=O)cc4F)c23)[C@H](F)C1. The first-order valence-corrected chi connectivity index (χ1v) is 13.9. The third-order valence-electron chi connectivity index (χ3n) is 7.39. The first-order valence-electron chi connectivity index (χ1n) is 13.9. The van der Waals surface area contributed by atoms with Gasteiger partial charge in [0.2, 0.25) is 0 Å². The fourth-order valence-corrected chi connectivity index (χ4v) is 5.03. The number of piperidine rings is 1. The molecule has 14 heteroatoms. The van der Waals surface area contributed by atoms with E-state index >= 15 is 4.39 Å². The number of carbonyl (C=O) groups excluding carboxylic acids is 1. The summed E-state index contributed by atoms with van der Waals surface area (Å²) >= 11 is 0. The molecule has 1 amide bonds. The number of anilines is 2. The van der Waals surface area contributed by atoms with E-state index in [1.807, 2.05) is 11.8 Å². The van der Waals surface area contributed by atoms with Gasteiger partial charge in [0.1, 0.15) is 28.7 Å². The molecule has 0 radical (unpaired) electrons. The van der Waals surface area contributed by atoms with Gasteiger partial charge in [-0.15, -0.1) is 0 Å². The lowest BCUT2D eigenvalue weighted by atomic mass is 10.0. The molecule has 11 nitrogen and oxygen atoms in total. The first kappa shape index (κ1) is 28.9. The molecule has 0 spiro atoms. The van der Waals surface area contributed by atoms with E-state index in [-0.39, 0.29) is 28.4 Å². The lowest BCUT2D eigenvalue weighted by Crippen LogP contribution is -2.47. The van der Waals surface area contributed by atoms with Crippen molar-refractivity contribution in [3.63, 3.8) is 0 Å². The molecule has 5 aromatic rings. The molecule has 3 aromatic heterocycles. The summed E-state index contributed by atoms with van der Waals surface area (Å²) in [6.45, 7) is 3.83. The van der Waals surface area contributed by atoms with E-state index in [2.05, 4.69) is 30.9 Å². The summed E-state index contributed by atoms with van der Waals surface area (Å²) < 4.78 is 50.2. The van der Waals surface area contributed by atoms with E-state index in [1.54, 1.807) is 6.07 Å². The summed E-state index contributed by atoms with van der Waals surface area (Å²) in [7, 11) is 0. The first-order chi connectivity index (χ1) is 21.3. The number of alkyl halides is 1. The fourth-order valence-electron chi connectivity index (χ4n) is 5.03. The molecule has 0 unspecified atom stereocenters. The Labute approximate surface area is 248 Å². The second-order valence-corrected chi connectivity index (χ2v) is 10.2. The van der Waals surface area contributed by atoms with Crippen LogP contribution in [0.5, 0.6) is 11.5 Å². The molecular formula is C30H27F3N8O3. The zero-order chi connectivity index (χ0) is 30.8. The van der Waals surface area contributed by atoms with Crippen LogP contribution in [0.15, 0.2) is 71.8 Å². The molecule has 3 N–H and O–H groups in total. The minimum Gasteiger partial charge on any atom is -0.453 e. The Bertz CT molecular complexity index is 1880. The number of benzene rings is 2. The molecule has 2 atom stereocenters. The predicted octanol–water partition coefficient (Wildman–Crippen LogP) is 4.67. The molecule has 1 aliphatic heterocycles. The Morgan fingerprint density at radius 3 is 2.66 bits per heavy atom. The van der Waals surface area contributed by atoms with Crippen LogP contribution in [0.3, 0.4) is 0 Å². The highest BCUT2D eigenvalue weighted by Gasteiger charge is 2.30. The number of hydrogen-bond donors (Lipinski definition) is 3. The normalized spacial score (nSPS) is 17.0. The standard InChI is InChI=1S/C30H27F3N8O3/c1-2-40-14-11-23(22(33)16-40)37-28-26-25(10-12-34-27(26)38-39-28)44-24-8-5-18(15-21(24)32)36-29(42)20-9-13-35-41(30(20)43)19-6-3-17(31)4-7-19/h3-10,12-13,15,22-23H,2,11,14,16H2,1H3,(H,36,42)(H2,34,37,38,39)/t22-,23+/m1/s1. The van der Waals surface area contributed by atoms with Gasteiger partial charge in [0.25, 0.3) is 11.5 Å². The number of aromatic nitrogens is 5. The molecule has 0 aliphatic carbocycles. The highest BCUT2D eigenvalue weighted by atomic mass is 19.1. The zero-order valence-corrected chi connectivity index (χ0v) is 23.4. The average molecular weight is 605 g/mol. The van der Waals surface area contributed by atoms with Crippen LogP contribution in [-0.4, -0.2) is 67.6 Å². The molecule has 0 saturated carbocycles. The van der Waals surface area contributed by atoms with Crippen LogP contribution < -0.4 is 20.9 Å². The summed E-state index contributed by atoms with van der Waals surface area (Å²) in [4.78, 5) is 32.1. The largest absolute Gasteiger partial charge is 0.453 e. The van der Waals surface area contributed by atoms with Crippen molar-refractivity contribution in [3.05, 3.63) is 94.5 Å². The Kier molecular flexibility index (Phi) is 7.98. The molecule has 1 saturated heterocycles. The van der Waals surface area contributed by atoms with Crippen LogP contribution in [0.2, 0.25) is 0 Å². The summed E-state index contributed by atoms with van der Waals surface area (Å²) in [6.07, 6.45) is 2.21. The van der Waals surface area contributed by atoms with E-state index in [1.165, 1.54) is 54.9 Å². The van der Waals surface area contributed by atoms with Gasteiger partial charge >= 0.3 is 0 Å². The summed E-state index contributed by atoms with van der Waals surface area (Å²) in [5, 5.41) is 17.1. The van der Waals surface area contributed by atoms with E-state index in [9.17, 15) is 18.4 Å². The Hall–Kier alpha value is -5.24. The van der Waals surface area contributed by atoms with Crippen molar-refractivity contribution in [1.82, 2.24) is 29.9 Å². The van der Waals surface area contributed by atoms with E-state index < -0.39 is 35.3 Å². The van der Waals surface area contributed by atoms with E-state index in [0.29, 0.717) is 29.8 Å². The third kappa shape index (κ3) is 5.83. The minimum absolute atomic E-state index is 0.0716. The van der Waals surface area contributed by atoms with Gasteiger partial charge in [-0.05, 0) is 55.4 Å². The number of H-pyrrole nitrogens is 1. The maximum Gasteiger partial charge on any atom is 0.284 e. The smallest absolute Gasteiger partial charge is 0.284 e. The number of carbonyl (C=O) groups is 1. The number of aromatic amines is 1. The van der Waals surface area contributed by atoms with Crippen LogP contribution in [0.4, 0.5) is 24.7 Å². The van der Waals surface area contributed by atoms with Crippen LogP contribution >= 0.6 is 0 Å². The highest BCUT2D eigenvalue weighted by molar-refractivity contribution is 6.04. The van der Waals surface area contributed by atoms with Crippen LogP contribution in [-0.2, 0) is 0 Å². The van der Waals surface area contributed by atoms with Crippen molar-refractivity contribution in [2.24, 2.45) is 0 Å². The van der Waals surface area contributed by atoms with E-state index in [4.69, 9.17) is 4.74 Å². The predicted molar refractivity (Wildman–Crippen MR) is 157 cm³/mol. The minimum atomic E-state index is -1.10. The number of fused-ring (bicyclic) bond motifs is 1. The zero-order valence-electron chi connectivity index (χ0n) is 23.4. The van der Waals surface area contributed by atoms with Crippen molar-refractivity contribution < 1.29 is 22.7 Å². The number of pyridine rings is 1. The topological polar surface area (TPSA) is 130 Å². The molecule has 1 fully saturated rings. The summed E-state index contributed by atoms with van der Waals surface area (Å²) in [5.41, 5.74) is -0.272. The number of hydrogen-bond acceptors (Lipinski definition) is 8. The number of nitrogens with one attached hydrogen (secondary N) is 3. The van der Waals surface area contributed by atoms with Crippen LogP contribution in [0.1, 0.15) is 23.7 Å². The number of ether oxygens (including phenoxy) is 1. The lowest BCUT2D eigenvalue weighted by Gasteiger charge is -2.34. The quantitative estimate of drug-likeness (QED) is 0.233. The molecule has 44 heavy (non-hydrogen) atoms. The molecule has 0 bridgehead atoms. The molecule has 226 valence electrons. The van der Waals surface area contributed by atoms with Gasteiger partial charge in [0, 0.05) is 43.3 Å². The van der Waals surface area contributed by atoms with Gasteiger partial charge < -0.3 is 20.3 Å². The van der Waals surface area contributed by atoms with Gasteiger partial charge in [-0.1, -0.05) is 6.92 Å². The molecule has 1 aliphatic rings. The van der Waals surface area contributed by atoms with Crippen molar-refractivity contribution in [2.45, 2.75) is 25.6 Å². The van der Waals surface area contributed by atoms with Crippen LogP contribution in [0, 0.1) is 11.6 Å². The number of likely N-dealkylation sites (tertiary alicyclic amines) is 1.